The van der Waals surface area contributed by atoms with E-state index in [2.05, 4.69) is 29.2 Å². The van der Waals surface area contributed by atoms with Crippen molar-refractivity contribution in [2.75, 3.05) is 14.2 Å². The van der Waals surface area contributed by atoms with E-state index < -0.39 is 0 Å². The Morgan fingerprint density at radius 2 is 2.06 bits per heavy atom. The number of nitrogens with zero attached hydrogens (tertiary/aromatic N) is 1. The van der Waals surface area contributed by atoms with Gasteiger partial charge in [-0.15, -0.1) is 11.3 Å². The lowest BCUT2D eigenvalue weighted by molar-refractivity contribution is -0.108. The summed E-state index contributed by atoms with van der Waals surface area (Å²) in [6.45, 7) is 0. The summed E-state index contributed by atoms with van der Waals surface area (Å²) < 4.78 is 10.4. The number of hydrogen-bond donors (Lipinski definition) is 0. The second kappa shape index (κ2) is 4.80. The zero-order chi connectivity index (χ0) is 12.5. The standard InChI is InChI=1S/C14H15NO2S/c1-16-14(17-2)12-8-18-13(15-12)11-7-9-5-3-4-6-10(9)11/h3-6,8,11,14H,7H2,1-2H3. The molecule has 3 nitrogen and oxygen atoms in total. The minimum absolute atomic E-state index is 0.356. The molecule has 1 aromatic heterocycles. The van der Waals surface area contributed by atoms with E-state index in [-0.39, 0.29) is 6.29 Å². The number of hydrogen-bond acceptors (Lipinski definition) is 4. The molecule has 0 amide bonds. The van der Waals surface area contributed by atoms with Crippen LogP contribution < -0.4 is 0 Å². The van der Waals surface area contributed by atoms with Gasteiger partial charge in [-0.3, -0.25) is 0 Å². The summed E-state index contributed by atoms with van der Waals surface area (Å²) in [6.07, 6.45) is 0.735. The van der Waals surface area contributed by atoms with E-state index in [1.54, 1.807) is 25.6 Å². The first-order valence-corrected chi connectivity index (χ1v) is 6.80. The molecule has 18 heavy (non-hydrogen) atoms. The first-order valence-electron chi connectivity index (χ1n) is 5.92. The SMILES string of the molecule is COC(OC)c1csc(C2Cc3ccccc32)n1. The van der Waals surface area contributed by atoms with Gasteiger partial charge in [-0.25, -0.2) is 4.98 Å². The number of thiazole rings is 1. The van der Waals surface area contributed by atoms with Crippen molar-refractivity contribution in [1.82, 2.24) is 4.98 Å². The van der Waals surface area contributed by atoms with Crippen molar-refractivity contribution in [3.05, 3.63) is 51.5 Å². The van der Waals surface area contributed by atoms with Crippen molar-refractivity contribution in [2.24, 2.45) is 0 Å². The molecule has 0 fully saturated rings. The first-order chi connectivity index (χ1) is 8.83. The number of benzene rings is 1. The summed E-state index contributed by atoms with van der Waals surface area (Å²) in [5, 5.41) is 3.18. The molecule has 0 saturated heterocycles. The van der Waals surface area contributed by atoms with Gasteiger partial charge in [0.1, 0.15) is 10.7 Å². The largest absolute Gasteiger partial charge is 0.350 e. The van der Waals surface area contributed by atoms with E-state index in [1.807, 2.05) is 5.38 Å². The van der Waals surface area contributed by atoms with Crippen molar-refractivity contribution in [1.29, 1.82) is 0 Å². The van der Waals surface area contributed by atoms with Crippen LogP contribution in [0, 0.1) is 0 Å². The molecule has 1 aliphatic carbocycles. The Labute approximate surface area is 110 Å². The van der Waals surface area contributed by atoms with Crippen LogP contribution in [0.3, 0.4) is 0 Å². The Morgan fingerprint density at radius 3 is 2.78 bits per heavy atom. The molecule has 1 unspecified atom stereocenters. The quantitative estimate of drug-likeness (QED) is 0.792. The molecule has 94 valence electrons. The van der Waals surface area contributed by atoms with Crippen molar-refractivity contribution in [3.8, 4) is 0 Å². The molecule has 1 heterocycles. The Morgan fingerprint density at radius 1 is 1.28 bits per heavy atom. The zero-order valence-corrected chi connectivity index (χ0v) is 11.2. The minimum atomic E-state index is -0.356. The molecule has 0 saturated carbocycles. The van der Waals surface area contributed by atoms with Gasteiger partial charge >= 0.3 is 0 Å². The second-order valence-corrected chi connectivity index (χ2v) is 5.26. The summed E-state index contributed by atoms with van der Waals surface area (Å²) in [4.78, 5) is 4.64. The fraction of sp³-hybridized carbons (Fsp3) is 0.357. The predicted molar refractivity (Wildman–Crippen MR) is 70.9 cm³/mol. The Bertz CT molecular complexity index is 548. The van der Waals surface area contributed by atoms with Crippen molar-refractivity contribution < 1.29 is 9.47 Å². The van der Waals surface area contributed by atoms with Crippen LogP contribution in [0.1, 0.15) is 34.0 Å². The highest BCUT2D eigenvalue weighted by molar-refractivity contribution is 7.09. The predicted octanol–water partition coefficient (Wildman–Crippen LogP) is 3.12. The summed E-state index contributed by atoms with van der Waals surface area (Å²) in [6, 6.07) is 8.56. The molecule has 2 aromatic rings. The topological polar surface area (TPSA) is 31.4 Å². The van der Waals surface area contributed by atoms with Gasteiger partial charge in [0, 0.05) is 25.5 Å². The van der Waals surface area contributed by atoms with E-state index in [1.165, 1.54) is 11.1 Å². The molecule has 0 bridgehead atoms. The van der Waals surface area contributed by atoms with Crippen molar-refractivity contribution in [3.63, 3.8) is 0 Å². The van der Waals surface area contributed by atoms with Gasteiger partial charge in [-0.1, -0.05) is 24.3 Å². The van der Waals surface area contributed by atoms with E-state index >= 15 is 0 Å². The number of ether oxygens (including phenoxy) is 2. The average molecular weight is 261 g/mol. The monoisotopic (exact) mass is 261 g/mol. The Kier molecular flexibility index (Phi) is 3.16. The van der Waals surface area contributed by atoms with Gasteiger partial charge < -0.3 is 9.47 Å². The Balaban J connectivity index is 1.84. The maximum absolute atomic E-state index is 5.22. The van der Waals surface area contributed by atoms with Gasteiger partial charge in [0.15, 0.2) is 0 Å². The van der Waals surface area contributed by atoms with Crippen LogP contribution in [0.25, 0.3) is 0 Å². The number of fused-ring (bicyclic) bond motifs is 1. The molecule has 1 aromatic carbocycles. The second-order valence-electron chi connectivity index (χ2n) is 4.37. The highest BCUT2D eigenvalue weighted by Crippen LogP contribution is 2.41. The lowest BCUT2D eigenvalue weighted by Crippen LogP contribution is -2.18. The van der Waals surface area contributed by atoms with Crippen LogP contribution in [-0.2, 0) is 15.9 Å². The van der Waals surface area contributed by atoms with Crippen LogP contribution in [0.15, 0.2) is 29.6 Å². The molecule has 1 atom stereocenters. The zero-order valence-electron chi connectivity index (χ0n) is 10.4. The summed E-state index contributed by atoms with van der Waals surface area (Å²) in [5.41, 5.74) is 3.71. The molecule has 4 heteroatoms. The van der Waals surface area contributed by atoms with Crippen molar-refractivity contribution in [2.45, 2.75) is 18.6 Å². The normalized spacial score (nSPS) is 17.6. The fourth-order valence-corrected chi connectivity index (χ4v) is 3.32. The third-order valence-electron chi connectivity index (χ3n) is 3.36. The molecular weight excluding hydrogens is 246 g/mol. The first kappa shape index (κ1) is 11.8. The highest BCUT2D eigenvalue weighted by atomic mass is 32.1. The molecule has 0 radical (unpaired) electrons. The summed E-state index contributed by atoms with van der Waals surface area (Å²) >= 11 is 1.69. The fourth-order valence-electron chi connectivity index (χ4n) is 2.39. The number of rotatable bonds is 4. The van der Waals surface area contributed by atoms with Crippen LogP contribution >= 0.6 is 11.3 Å². The average Bonchev–Trinajstić information content (AvgIpc) is 2.82. The smallest absolute Gasteiger partial charge is 0.201 e. The van der Waals surface area contributed by atoms with Crippen LogP contribution in [-0.4, -0.2) is 19.2 Å². The van der Waals surface area contributed by atoms with Crippen molar-refractivity contribution >= 4 is 11.3 Å². The third-order valence-corrected chi connectivity index (χ3v) is 4.34. The molecule has 1 aliphatic rings. The molecule has 0 spiro atoms. The van der Waals surface area contributed by atoms with Crippen LogP contribution in [0.4, 0.5) is 0 Å². The van der Waals surface area contributed by atoms with Gasteiger partial charge in [0.2, 0.25) is 6.29 Å². The Hall–Kier alpha value is -1.23. The molecular formula is C14H15NO2S. The van der Waals surface area contributed by atoms with E-state index in [4.69, 9.17) is 9.47 Å². The van der Waals surface area contributed by atoms with E-state index in [0.717, 1.165) is 17.1 Å². The lowest BCUT2D eigenvalue weighted by atomic mass is 9.78. The third kappa shape index (κ3) is 1.86. The van der Waals surface area contributed by atoms with Crippen LogP contribution in [0.2, 0.25) is 0 Å². The minimum Gasteiger partial charge on any atom is -0.350 e. The maximum atomic E-state index is 5.22. The van der Waals surface area contributed by atoms with Gasteiger partial charge in [-0.2, -0.15) is 0 Å². The molecule has 0 aliphatic heterocycles. The summed E-state index contributed by atoms with van der Waals surface area (Å²) in [5.74, 6) is 0.453. The van der Waals surface area contributed by atoms with E-state index in [9.17, 15) is 0 Å². The van der Waals surface area contributed by atoms with Crippen LogP contribution in [0.5, 0.6) is 0 Å². The molecule has 3 rings (SSSR count). The number of aromatic nitrogens is 1. The van der Waals surface area contributed by atoms with E-state index in [0.29, 0.717) is 5.92 Å². The lowest BCUT2D eigenvalue weighted by Gasteiger charge is -2.28. The highest BCUT2D eigenvalue weighted by Gasteiger charge is 2.30. The van der Waals surface area contributed by atoms with Gasteiger partial charge in [0.05, 0.1) is 0 Å². The number of methoxy groups -OCH3 is 2. The summed E-state index contributed by atoms with van der Waals surface area (Å²) in [7, 11) is 3.26. The maximum Gasteiger partial charge on any atom is 0.201 e. The molecule has 0 N–H and O–H groups in total. The van der Waals surface area contributed by atoms with Gasteiger partial charge in [-0.05, 0) is 17.5 Å². The van der Waals surface area contributed by atoms with Gasteiger partial charge in [0.25, 0.3) is 0 Å².